The molecule has 5 rings (SSSR count). The Morgan fingerprint density at radius 3 is 2.10 bits per heavy atom. The molecule has 0 radical (unpaired) electrons. The van der Waals surface area contributed by atoms with E-state index in [0.29, 0.717) is 31.7 Å². The SMILES string of the molecule is C=S(C)(=O)c1ccccc1N1CCN(Cc2cc(C(=O)N3CCN(c4ccccc4C#N)CC3)c(C)cc2C)CC1. The van der Waals surface area contributed by atoms with Gasteiger partial charge >= 0.3 is 0 Å². The highest BCUT2D eigenvalue weighted by Gasteiger charge is 2.26. The van der Waals surface area contributed by atoms with Crippen molar-refractivity contribution >= 4 is 32.7 Å². The summed E-state index contributed by atoms with van der Waals surface area (Å²) in [6.07, 6.45) is 1.70. The smallest absolute Gasteiger partial charge is 0.254 e. The third-order valence-corrected chi connectivity index (χ3v) is 9.56. The molecule has 41 heavy (non-hydrogen) atoms. The topological polar surface area (TPSA) is 70.9 Å². The molecule has 0 bridgehead atoms. The molecule has 8 heteroatoms. The van der Waals surface area contributed by atoms with Gasteiger partial charge in [-0.15, -0.1) is 0 Å². The number of nitriles is 1. The van der Waals surface area contributed by atoms with Crippen LogP contribution in [0.25, 0.3) is 0 Å². The highest BCUT2D eigenvalue weighted by molar-refractivity contribution is 7.99. The van der Waals surface area contributed by atoms with Crippen LogP contribution in [0.4, 0.5) is 11.4 Å². The molecular formula is C33H39N5O2S. The van der Waals surface area contributed by atoms with Gasteiger partial charge in [0.2, 0.25) is 0 Å². The minimum absolute atomic E-state index is 0.0785. The maximum absolute atomic E-state index is 13.7. The van der Waals surface area contributed by atoms with Gasteiger partial charge < -0.3 is 14.7 Å². The van der Waals surface area contributed by atoms with E-state index in [1.165, 1.54) is 11.1 Å². The normalized spacial score (nSPS) is 17.7. The summed E-state index contributed by atoms with van der Waals surface area (Å²) in [5, 5.41) is 9.48. The Balaban J connectivity index is 1.24. The lowest BCUT2D eigenvalue weighted by atomic mass is 9.98. The van der Waals surface area contributed by atoms with Crippen molar-refractivity contribution in [3.63, 3.8) is 0 Å². The second kappa shape index (κ2) is 12.0. The van der Waals surface area contributed by atoms with Crippen LogP contribution in [-0.2, 0) is 16.1 Å². The van der Waals surface area contributed by atoms with E-state index in [1.807, 2.05) is 60.4 Å². The molecule has 2 aliphatic heterocycles. The highest BCUT2D eigenvalue weighted by atomic mass is 32.2. The van der Waals surface area contributed by atoms with Gasteiger partial charge in [-0.3, -0.25) is 13.9 Å². The number of carbonyl (C=O) groups excluding carboxylic acids is 1. The average molecular weight is 570 g/mol. The van der Waals surface area contributed by atoms with Gasteiger partial charge in [0.25, 0.3) is 5.91 Å². The van der Waals surface area contributed by atoms with Crippen LogP contribution in [0.1, 0.15) is 32.6 Å². The van der Waals surface area contributed by atoms with Crippen molar-refractivity contribution in [3.8, 4) is 6.07 Å². The molecule has 0 saturated carbocycles. The van der Waals surface area contributed by atoms with Crippen molar-refractivity contribution in [1.29, 1.82) is 5.26 Å². The van der Waals surface area contributed by atoms with Gasteiger partial charge in [-0.25, -0.2) is 0 Å². The second-order valence-corrected chi connectivity index (χ2v) is 13.7. The van der Waals surface area contributed by atoms with Gasteiger partial charge in [-0.2, -0.15) is 5.26 Å². The van der Waals surface area contributed by atoms with E-state index in [1.54, 1.807) is 6.26 Å². The summed E-state index contributed by atoms with van der Waals surface area (Å²) in [7, 11) is -2.30. The van der Waals surface area contributed by atoms with Crippen LogP contribution in [0.3, 0.4) is 0 Å². The molecule has 0 spiro atoms. The number of benzene rings is 3. The first-order valence-electron chi connectivity index (χ1n) is 14.2. The van der Waals surface area contributed by atoms with E-state index in [9.17, 15) is 14.3 Å². The van der Waals surface area contributed by atoms with Crippen molar-refractivity contribution < 1.29 is 9.00 Å². The summed E-state index contributed by atoms with van der Waals surface area (Å²) < 4.78 is 12.7. The zero-order valence-corrected chi connectivity index (χ0v) is 25.1. The predicted molar refractivity (Wildman–Crippen MR) is 169 cm³/mol. The van der Waals surface area contributed by atoms with Crippen LogP contribution < -0.4 is 9.80 Å². The summed E-state index contributed by atoms with van der Waals surface area (Å²) in [6, 6.07) is 22.1. The third-order valence-electron chi connectivity index (χ3n) is 8.28. The van der Waals surface area contributed by atoms with Crippen LogP contribution in [0.2, 0.25) is 0 Å². The number of hydrogen-bond donors (Lipinski definition) is 0. The number of rotatable bonds is 6. The number of nitrogens with zero attached hydrogens (tertiary/aromatic N) is 5. The van der Waals surface area contributed by atoms with E-state index in [2.05, 4.69) is 45.7 Å². The first-order valence-corrected chi connectivity index (χ1v) is 16.3. The molecule has 2 saturated heterocycles. The lowest BCUT2D eigenvalue weighted by molar-refractivity contribution is 0.0746. The van der Waals surface area contributed by atoms with Crippen molar-refractivity contribution in [1.82, 2.24) is 9.80 Å². The lowest BCUT2D eigenvalue weighted by Gasteiger charge is -2.37. The Morgan fingerprint density at radius 2 is 1.44 bits per heavy atom. The molecule has 2 heterocycles. The van der Waals surface area contributed by atoms with Crippen LogP contribution in [-0.4, -0.2) is 84.4 Å². The fraction of sp³-hybridized carbons (Fsp3) is 0.364. The fourth-order valence-corrected chi connectivity index (χ4v) is 6.94. The van der Waals surface area contributed by atoms with Gasteiger partial charge in [0.1, 0.15) is 6.07 Å². The Bertz CT molecular complexity index is 1580. The molecule has 7 nitrogen and oxygen atoms in total. The van der Waals surface area contributed by atoms with Crippen molar-refractivity contribution in [2.24, 2.45) is 0 Å². The molecule has 3 aromatic rings. The summed E-state index contributed by atoms with van der Waals surface area (Å²) in [5.74, 6) is 3.99. The predicted octanol–water partition coefficient (Wildman–Crippen LogP) is 4.16. The minimum atomic E-state index is -2.30. The molecule has 1 unspecified atom stereocenters. The van der Waals surface area contributed by atoms with E-state index >= 15 is 0 Å². The number of carbonyl (C=O) groups is 1. The molecule has 214 valence electrons. The zero-order valence-electron chi connectivity index (χ0n) is 24.3. The van der Waals surface area contributed by atoms with Crippen LogP contribution >= 0.6 is 0 Å². The van der Waals surface area contributed by atoms with Crippen LogP contribution in [0.15, 0.2) is 65.6 Å². The van der Waals surface area contributed by atoms with Crippen LogP contribution in [0.5, 0.6) is 0 Å². The summed E-state index contributed by atoms with van der Waals surface area (Å²) in [6.45, 7) is 11.1. The van der Waals surface area contributed by atoms with Gasteiger partial charge in [-0.1, -0.05) is 30.3 Å². The fourth-order valence-electron chi connectivity index (χ4n) is 5.93. The van der Waals surface area contributed by atoms with E-state index in [0.717, 1.165) is 60.1 Å². The molecule has 3 aromatic carbocycles. The Labute approximate surface area is 244 Å². The minimum Gasteiger partial charge on any atom is -0.368 e. The number of aryl methyl sites for hydroxylation is 2. The lowest BCUT2D eigenvalue weighted by Crippen LogP contribution is -2.49. The first kappa shape index (κ1) is 28.7. The van der Waals surface area contributed by atoms with Gasteiger partial charge in [0.15, 0.2) is 0 Å². The molecule has 0 aromatic heterocycles. The summed E-state index contributed by atoms with van der Waals surface area (Å²) >= 11 is 0. The average Bonchev–Trinajstić information content (AvgIpc) is 2.98. The molecule has 2 aliphatic rings. The number of hydrogen-bond acceptors (Lipinski definition) is 6. The number of piperazine rings is 2. The monoisotopic (exact) mass is 569 g/mol. The highest BCUT2D eigenvalue weighted by Crippen LogP contribution is 2.27. The second-order valence-electron chi connectivity index (χ2n) is 11.2. The molecular weight excluding hydrogens is 530 g/mol. The quantitative estimate of drug-likeness (QED) is 0.415. The molecule has 1 amide bonds. The largest absolute Gasteiger partial charge is 0.368 e. The first-order chi connectivity index (χ1) is 19.7. The number of para-hydroxylation sites is 2. The molecule has 2 fully saturated rings. The molecule has 1 atom stereocenters. The van der Waals surface area contributed by atoms with Gasteiger partial charge in [-0.05, 0) is 76.3 Å². The maximum atomic E-state index is 13.7. The summed E-state index contributed by atoms with van der Waals surface area (Å²) in [5.41, 5.74) is 6.79. The number of anilines is 2. The Hall–Kier alpha value is -3.80. The van der Waals surface area contributed by atoms with Crippen LogP contribution in [0, 0.1) is 25.2 Å². The van der Waals surface area contributed by atoms with Crippen molar-refractivity contribution in [3.05, 3.63) is 88.5 Å². The number of amides is 1. The Morgan fingerprint density at radius 1 is 0.854 bits per heavy atom. The standard InChI is InChI=1S/C33H39N5O2S/c1-25-21-26(2)29(33(39)38-19-17-36(18-20-38)30-10-6-5-9-27(30)23-34)22-28(25)24-35-13-15-37(16-14-35)31-11-7-8-12-32(31)41(3,4)40/h5-12,21-22H,3,13-20,24H2,1-2,4H3. The Kier molecular flexibility index (Phi) is 8.39. The summed E-state index contributed by atoms with van der Waals surface area (Å²) in [4.78, 5) is 23.4. The van der Waals surface area contributed by atoms with Crippen molar-refractivity contribution in [2.75, 3.05) is 68.4 Å². The third kappa shape index (κ3) is 6.27. The maximum Gasteiger partial charge on any atom is 0.254 e. The molecule has 0 N–H and O–H groups in total. The van der Waals surface area contributed by atoms with Crippen molar-refractivity contribution in [2.45, 2.75) is 25.3 Å². The zero-order chi connectivity index (χ0) is 29.1. The van der Waals surface area contributed by atoms with E-state index < -0.39 is 9.52 Å². The van der Waals surface area contributed by atoms with E-state index in [4.69, 9.17) is 0 Å². The van der Waals surface area contributed by atoms with Gasteiger partial charge in [0, 0.05) is 70.7 Å². The molecule has 0 aliphatic carbocycles. The van der Waals surface area contributed by atoms with Gasteiger partial charge in [0.05, 0.1) is 21.8 Å². The van der Waals surface area contributed by atoms with E-state index in [-0.39, 0.29) is 5.91 Å².